The molecule has 25 heavy (non-hydrogen) atoms. The fraction of sp³-hybridized carbons (Fsp3) is 0.375. The molecule has 2 aromatic rings. The minimum atomic E-state index is -3.88. The molecule has 1 N–H and O–H groups in total. The summed E-state index contributed by atoms with van der Waals surface area (Å²) in [6, 6.07) is 7.35. The Kier molecular flexibility index (Phi) is 3.58. The normalized spacial score (nSPS) is 24.2. The molecule has 3 heterocycles. The fourth-order valence-electron chi connectivity index (χ4n) is 3.42. The summed E-state index contributed by atoms with van der Waals surface area (Å²) in [4.78, 5) is 27.1. The molecule has 1 aromatic heterocycles. The summed E-state index contributed by atoms with van der Waals surface area (Å²) in [6.45, 7) is 0.209. The van der Waals surface area contributed by atoms with E-state index in [0.717, 1.165) is 0 Å². The van der Waals surface area contributed by atoms with E-state index in [1.807, 2.05) is 0 Å². The van der Waals surface area contributed by atoms with E-state index in [0.29, 0.717) is 11.0 Å². The molecule has 9 heteroatoms. The average Bonchev–Trinajstić information content (AvgIpc) is 3.17. The van der Waals surface area contributed by atoms with Crippen molar-refractivity contribution < 1.29 is 22.4 Å². The van der Waals surface area contributed by atoms with Gasteiger partial charge in [0.05, 0.1) is 6.54 Å². The Bertz CT molecular complexity index is 934. The molecule has 2 fully saturated rings. The van der Waals surface area contributed by atoms with Gasteiger partial charge >= 0.3 is 0 Å². The third-order valence-corrected chi connectivity index (χ3v) is 6.02. The van der Waals surface area contributed by atoms with Crippen LogP contribution in [0.3, 0.4) is 0 Å². The van der Waals surface area contributed by atoms with Gasteiger partial charge in [0.1, 0.15) is 11.6 Å². The zero-order valence-electron chi connectivity index (χ0n) is 13.5. The molecular formula is C16H17N3O5S. The Hall–Kier alpha value is -2.39. The van der Waals surface area contributed by atoms with Crippen LogP contribution in [0.2, 0.25) is 0 Å². The maximum atomic E-state index is 12.6. The number of piperazine rings is 1. The lowest BCUT2D eigenvalue weighted by Crippen LogP contribution is -2.55. The number of fused-ring (bicyclic) bond motifs is 2. The van der Waals surface area contributed by atoms with E-state index in [1.54, 1.807) is 31.3 Å². The summed E-state index contributed by atoms with van der Waals surface area (Å²) in [5, 5.41) is 0.520. The van der Waals surface area contributed by atoms with E-state index in [-0.39, 0.29) is 36.4 Å². The van der Waals surface area contributed by atoms with Crippen molar-refractivity contribution >= 4 is 32.8 Å². The van der Waals surface area contributed by atoms with Crippen molar-refractivity contribution in [2.75, 3.05) is 20.1 Å². The van der Waals surface area contributed by atoms with Gasteiger partial charge in [-0.1, -0.05) is 18.2 Å². The van der Waals surface area contributed by atoms with Crippen molar-refractivity contribution in [2.45, 2.75) is 23.6 Å². The number of rotatable bonds is 3. The highest BCUT2D eigenvalue weighted by atomic mass is 32.2. The SMILES string of the molecule is CN1CC(=O)N2C[C@H](NS(=O)(=O)c3cc4ccccc4o3)C[C@H]2C1=O. The summed E-state index contributed by atoms with van der Waals surface area (Å²) in [5.74, 6) is -0.331. The maximum absolute atomic E-state index is 12.6. The monoisotopic (exact) mass is 363 g/mol. The van der Waals surface area contributed by atoms with Gasteiger partial charge in [-0.3, -0.25) is 9.59 Å². The largest absolute Gasteiger partial charge is 0.443 e. The van der Waals surface area contributed by atoms with Crippen LogP contribution in [0.1, 0.15) is 6.42 Å². The number of benzene rings is 1. The summed E-state index contributed by atoms with van der Waals surface area (Å²) >= 11 is 0. The highest BCUT2D eigenvalue weighted by molar-refractivity contribution is 7.89. The number of nitrogens with zero attached hydrogens (tertiary/aromatic N) is 2. The van der Waals surface area contributed by atoms with E-state index in [4.69, 9.17) is 4.42 Å². The molecule has 2 amide bonds. The lowest BCUT2D eigenvalue weighted by atomic mass is 10.1. The Labute approximate surface area is 144 Å². The van der Waals surface area contributed by atoms with E-state index in [2.05, 4.69) is 4.72 Å². The second-order valence-electron chi connectivity index (χ2n) is 6.41. The fourth-order valence-corrected chi connectivity index (χ4v) is 4.63. The molecule has 0 radical (unpaired) electrons. The number of furan rings is 1. The second kappa shape index (κ2) is 5.57. The van der Waals surface area contributed by atoms with Gasteiger partial charge in [-0.25, -0.2) is 13.1 Å². The topological polar surface area (TPSA) is 99.9 Å². The molecule has 2 atom stereocenters. The number of amides is 2. The Morgan fingerprint density at radius 3 is 2.76 bits per heavy atom. The van der Waals surface area contributed by atoms with Crippen LogP contribution in [0.15, 0.2) is 39.8 Å². The van der Waals surface area contributed by atoms with Gasteiger partial charge in [-0.05, 0) is 12.5 Å². The molecule has 0 bridgehead atoms. The smallest absolute Gasteiger partial charge is 0.274 e. The van der Waals surface area contributed by atoms with Crippen LogP contribution in [-0.2, 0) is 19.6 Å². The van der Waals surface area contributed by atoms with E-state index >= 15 is 0 Å². The predicted molar refractivity (Wildman–Crippen MR) is 88.1 cm³/mol. The zero-order valence-corrected chi connectivity index (χ0v) is 14.3. The quantitative estimate of drug-likeness (QED) is 0.837. The number of hydrogen-bond acceptors (Lipinski definition) is 5. The van der Waals surface area contributed by atoms with Crippen molar-refractivity contribution in [2.24, 2.45) is 0 Å². The van der Waals surface area contributed by atoms with Crippen LogP contribution in [0.5, 0.6) is 0 Å². The van der Waals surface area contributed by atoms with Crippen LogP contribution in [0, 0.1) is 0 Å². The van der Waals surface area contributed by atoms with Crippen LogP contribution in [-0.4, -0.2) is 62.3 Å². The lowest BCUT2D eigenvalue weighted by molar-refractivity contribution is -0.152. The molecule has 0 aliphatic carbocycles. The standard InChI is InChI=1S/C16H17N3O5S/c1-18-9-14(20)19-8-11(7-12(19)16(18)21)17-25(22,23)15-6-10-4-2-3-5-13(10)24-15/h2-6,11-12,17H,7-9H2,1H3/t11-,12+/m1/s1. The number of carbonyl (C=O) groups excluding carboxylic acids is 2. The van der Waals surface area contributed by atoms with E-state index in [1.165, 1.54) is 15.9 Å². The van der Waals surface area contributed by atoms with Crippen LogP contribution in [0.25, 0.3) is 11.0 Å². The molecule has 2 aliphatic rings. The lowest BCUT2D eigenvalue weighted by Gasteiger charge is -2.33. The van der Waals surface area contributed by atoms with Gasteiger partial charge in [-0.2, -0.15) is 0 Å². The number of nitrogens with one attached hydrogen (secondary N) is 1. The molecule has 2 aliphatic heterocycles. The molecule has 8 nitrogen and oxygen atoms in total. The van der Waals surface area contributed by atoms with Crippen LogP contribution < -0.4 is 4.72 Å². The summed E-state index contributed by atoms with van der Waals surface area (Å²) < 4.78 is 33.1. The predicted octanol–water partition coefficient (Wildman–Crippen LogP) is 0.153. The van der Waals surface area contributed by atoms with Crippen molar-refractivity contribution in [3.05, 3.63) is 30.3 Å². The van der Waals surface area contributed by atoms with Crippen molar-refractivity contribution in [1.82, 2.24) is 14.5 Å². The molecule has 4 rings (SSSR count). The molecule has 0 unspecified atom stereocenters. The third-order valence-electron chi connectivity index (χ3n) is 4.64. The molecule has 0 saturated carbocycles. The van der Waals surface area contributed by atoms with Crippen molar-refractivity contribution in [3.8, 4) is 0 Å². The van der Waals surface area contributed by atoms with Gasteiger partial charge in [0.2, 0.25) is 16.9 Å². The van der Waals surface area contributed by atoms with Crippen molar-refractivity contribution in [3.63, 3.8) is 0 Å². The Morgan fingerprint density at radius 1 is 1.24 bits per heavy atom. The minimum absolute atomic E-state index is 0.0262. The van der Waals surface area contributed by atoms with Gasteiger partial charge < -0.3 is 14.2 Å². The third kappa shape index (κ3) is 2.69. The van der Waals surface area contributed by atoms with Gasteiger partial charge in [0.25, 0.3) is 10.0 Å². The maximum Gasteiger partial charge on any atom is 0.274 e. The zero-order chi connectivity index (χ0) is 17.8. The number of likely N-dealkylation sites (N-methyl/N-ethyl adjacent to an activating group) is 1. The Morgan fingerprint density at radius 2 is 2.00 bits per heavy atom. The average molecular weight is 363 g/mol. The molecule has 0 spiro atoms. The highest BCUT2D eigenvalue weighted by Gasteiger charge is 2.45. The first kappa shape index (κ1) is 16.1. The first-order chi connectivity index (χ1) is 11.8. The summed E-state index contributed by atoms with van der Waals surface area (Å²) in [7, 11) is -2.30. The summed E-state index contributed by atoms with van der Waals surface area (Å²) in [6.07, 6.45) is 0.258. The van der Waals surface area contributed by atoms with Gasteiger partial charge in [0.15, 0.2) is 0 Å². The van der Waals surface area contributed by atoms with E-state index in [9.17, 15) is 18.0 Å². The second-order valence-corrected chi connectivity index (χ2v) is 8.06. The first-order valence-electron chi connectivity index (χ1n) is 7.90. The van der Waals surface area contributed by atoms with E-state index < -0.39 is 22.1 Å². The highest BCUT2D eigenvalue weighted by Crippen LogP contribution is 2.26. The molecule has 132 valence electrons. The number of carbonyl (C=O) groups is 2. The molecule has 2 saturated heterocycles. The minimum Gasteiger partial charge on any atom is -0.443 e. The van der Waals surface area contributed by atoms with Gasteiger partial charge in [-0.15, -0.1) is 0 Å². The molecular weight excluding hydrogens is 346 g/mol. The first-order valence-corrected chi connectivity index (χ1v) is 9.39. The summed E-state index contributed by atoms with van der Waals surface area (Å²) in [5.41, 5.74) is 0.485. The van der Waals surface area contributed by atoms with Crippen molar-refractivity contribution in [1.29, 1.82) is 0 Å². The Balaban J connectivity index is 1.56. The van der Waals surface area contributed by atoms with Gasteiger partial charge in [0, 0.05) is 31.1 Å². The number of para-hydroxylation sites is 1. The molecule has 1 aromatic carbocycles. The van der Waals surface area contributed by atoms with Crippen LogP contribution in [0.4, 0.5) is 0 Å². The van der Waals surface area contributed by atoms with Crippen LogP contribution >= 0.6 is 0 Å². The number of hydrogen-bond donors (Lipinski definition) is 1. The number of sulfonamides is 1.